The van der Waals surface area contributed by atoms with E-state index in [4.69, 9.17) is 23.2 Å². The van der Waals surface area contributed by atoms with Crippen LogP contribution in [0.5, 0.6) is 0 Å². The van der Waals surface area contributed by atoms with Crippen molar-refractivity contribution >= 4 is 23.2 Å². The van der Waals surface area contributed by atoms with Gasteiger partial charge in [-0.15, -0.1) is 0 Å². The standard InChI is InChI=1S/C14H21Cl2N/c1-4-6-12(5-2)17-10(3)13-9-11(15)7-8-14(13)16/h7-10,12,17H,4-6H2,1-3H3. The maximum absolute atomic E-state index is 6.20. The molecule has 0 bridgehead atoms. The van der Waals surface area contributed by atoms with Crippen LogP contribution in [0.3, 0.4) is 0 Å². The van der Waals surface area contributed by atoms with Gasteiger partial charge in [-0.05, 0) is 43.5 Å². The zero-order chi connectivity index (χ0) is 12.8. The lowest BCUT2D eigenvalue weighted by Gasteiger charge is -2.23. The molecule has 2 unspecified atom stereocenters. The van der Waals surface area contributed by atoms with Crippen LogP contribution in [0.25, 0.3) is 0 Å². The number of halogens is 2. The maximum Gasteiger partial charge on any atom is 0.0454 e. The highest BCUT2D eigenvalue weighted by molar-refractivity contribution is 6.33. The largest absolute Gasteiger partial charge is 0.307 e. The minimum absolute atomic E-state index is 0.234. The Kier molecular flexibility index (Phi) is 6.32. The lowest BCUT2D eigenvalue weighted by molar-refractivity contribution is 0.417. The van der Waals surface area contributed by atoms with Crippen LogP contribution < -0.4 is 5.32 Å². The first-order valence-corrected chi connectivity index (χ1v) is 7.05. The van der Waals surface area contributed by atoms with Gasteiger partial charge in [-0.1, -0.05) is 43.5 Å². The fourth-order valence-corrected chi connectivity index (χ4v) is 2.51. The lowest BCUT2D eigenvalue weighted by atomic mass is 10.0. The van der Waals surface area contributed by atoms with Crippen LogP contribution in [0.4, 0.5) is 0 Å². The number of hydrogen-bond donors (Lipinski definition) is 1. The molecule has 0 heterocycles. The summed E-state index contributed by atoms with van der Waals surface area (Å²) in [5.74, 6) is 0. The Labute approximate surface area is 115 Å². The number of hydrogen-bond acceptors (Lipinski definition) is 1. The van der Waals surface area contributed by atoms with Crippen LogP contribution in [0.15, 0.2) is 18.2 Å². The van der Waals surface area contributed by atoms with Crippen molar-refractivity contribution in [3.05, 3.63) is 33.8 Å². The van der Waals surface area contributed by atoms with Gasteiger partial charge >= 0.3 is 0 Å². The van der Waals surface area contributed by atoms with E-state index in [0.29, 0.717) is 6.04 Å². The highest BCUT2D eigenvalue weighted by atomic mass is 35.5. The molecular weight excluding hydrogens is 253 g/mol. The van der Waals surface area contributed by atoms with E-state index in [1.165, 1.54) is 12.8 Å². The molecule has 1 nitrogen and oxygen atoms in total. The monoisotopic (exact) mass is 273 g/mol. The first-order valence-electron chi connectivity index (χ1n) is 6.29. The van der Waals surface area contributed by atoms with Gasteiger partial charge in [0.15, 0.2) is 0 Å². The average Bonchev–Trinajstić information content (AvgIpc) is 2.31. The van der Waals surface area contributed by atoms with Gasteiger partial charge in [-0.3, -0.25) is 0 Å². The van der Waals surface area contributed by atoms with Gasteiger partial charge in [0.2, 0.25) is 0 Å². The average molecular weight is 274 g/mol. The van der Waals surface area contributed by atoms with Crippen molar-refractivity contribution in [3.63, 3.8) is 0 Å². The highest BCUT2D eigenvalue weighted by Crippen LogP contribution is 2.26. The Balaban J connectivity index is 2.74. The third kappa shape index (κ3) is 4.50. The smallest absolute Gasteiger partial charge is 0.0454 e. The molecule has 0 fully saturated rings. The maximum atomic E-state index is 6.20. The summed E-state index contributed by atoms with van der Waals surface area (Å²) in [5.41, 5.74) is 1.08. The Bertz CT molecular complexity index is 352. The van der Waals surface area contributed by atoms with Crippen LogP contribution in [-0.2, 0) is 0 Å². The zero-order valence-electron chi connectivity index (χ0n) is 10.8. The van der Waals surface area contributed by atoms with Crippen LogP contribution in [0, 0.1) is 0 Å². The van der Waals surface area contributed by atoms with E-state index in [-0.39, 0.29) is 6.04 Å². The molecule has 0 saturated heterocycles. The molecule has 2 atom stereocenters. The second-order valence-corrected chi connectivity index (χ2v) is 5.29. The van der Waals surface area contributed by atoms with E-state index in [9.17, 15) is 0 Å². The van der Waals surface area contributed by atoms with Crippen molar-refractivity contribution in [2.24, 2.45) is 0 Å². The van der Waals surface area contributed by atoms with Crippen molar-refractivity contribution in [3.8, 4) is 0 Å². The van der Waals surface area contributed by atoms with Crippen molar-refractivity contribution in [2.45, 2.75) is 52.1 Å². The van der Waals surface area contributed by atoms with Crippen molar-refractivity contribution in [1.29, 1.82) is 0 Å². The van der Waals surface area contributed by atoms with Crippen LogP contribution in [0.2, 0.25) is 10.0 Å². The second kappa shape index (κ2) is 7.25. The Morgan fingerprint density at radius 1 is 1.24 bits per heavy atom. The lowest BCUT2D eigenvalue weighted by Crippen LogP contribution is -2.31. The zero-order valence-corrected chi connectivity index (χ0v) is 12.3. The molecule has 0 saturated carbocycles. The third-order valence-corrected chi connectivity index (χ3v) is 3.62. The van der Waals surface area contributed by atoms with Crippen molar-refractivity contribution in [1.82, 2.24) is 5.32 Å². The molecule has 1 N–H and O–H groups in total. The minimum Gasteiger partial charge on any atom is -0.307 e. The van der Waals surface area contributed by atoms with E-state index in [1.54, 1.807) is 0 Å². The summed E-state index contributed by atoms with van der Waals surface area (Å²) in [5, 5.41) is 5.12. The fourth-order valence-electron chi connectivity index (χ4n) is 2.04. The predicted molar refractivity (Wildman–Crippen MR) is 77.0 cm³/mol. The first-order chi connectivity index (χ1) is 8.08. The normalized spacial score (nSPS) is 14.6. The van der Waals surface area contributed by atoms with Crippen LogP contribution in [-0.4, -0.2) is 6.04 Å². The minimum atomic E-state index is 0.234. The fraction of sp³-hybridized carbons (Fsp3) is 0.571. The molecule has 0 aromatic heterocycles. The second-order valence-electron chi connectivity index (χ2n) is 4.45. The number of nitrogens with one attached hydrogen (secondary N) is 1. The first kappa shape index (κ1) is 14.8. The molecule has 1 rings (SSSR count). The summed E-state index contributed by atoms with van der Waals surface area (Å²) in [4.78, 5) is 0. The molecule has 0 amide bonds. The van der Waals surface area contributed by atoms with Gasteiger partial charge in [0.05, 0.1) is 0 Å². The van der Waals surface area contributed by atoms with Gasteiger partial charge < -0.3 is 5.32 Å². The van der Waals surface area contributed by atoms with E-state index in [1.807, 2.05) is 18.2 Å². The van der Waals surface area contributed by atoms with Gasteiger partial charge in [-0.25, -0.2) is 0 Å². The molecule has 0 aliphatic carbocycles. The molecule has 1 aromatic rings. The van der Waals surface area contributed by atoms with E-state index < -0.39 is 0 Å². The quantitative estimate of drug-likeness (QED) is 0.749. The highest BCUT2D eigenvalue weighted by Gasteiger charge is 2.14. The summed E-state index contributed by atoms with van der Waals surface area (Å²) in [7, 11) is 0. The van der Waals surface area contributed by atoms with Crippen molar-refractivity contribution < 1.29 is 0 Å². The third-order valence-electron chi connectivity index (χ3n) is 3.04. The van der Waals surface area contributed by atoms with E-state index >= 15 is 0 Å². The molecule has 0 radical (unpaired) electrons. The molecule has 1 aromatic carbocycles. The Morgan fingerprint density at radius 3 is 2.53 bits per heavy atom. The summed E-state index contributed by atoms with van der Waals surface area (Å²) in [6.07, 6.45) is 3.52. The number of rotatable bonds is 6. The summed E-state index contributed by atoms with van der Waals surface area (Å²) >= 11 is 12.2. The molecule has 3 heteroatoms. The molecule has 96 valence electrons. The molecule has 0 aliphatic heterocycles. The molecule has 0 aliphatic rings. The van der Waals surface area contributed by atoms with Gasteiger partial charge in [0.25, 0.3) is 0 Å². The molecular formula is C14H21Cl2N. The Hall–Kier alpha value is -0.240. The van der Waals surface area contributed by atoms with Crippen molar-refractivity contribution in [2.75, 3.05) is 0 Å². The van der Waals surface area contributed by atoms with Crippen LogP contribution >= 0.6 is 23.2 Å². The topological polar surface area (TPSA) is 12.0 Å². The number of benzene rings is 1. The van der Waals surface area contributed by atoms with E-state index in [2.05, 4.69) is 26.1 Å². The predicted octanol–water partition coefficient (Wildman–Crippen LogP) is 5.22. The summed E-state index contributed by atoms with van der Waals surface area (Å²) < 4.78 is 0. The Morgan fingerprint density at radius 2 is 1.94 bits per heavy atom. The van der Waals surface area contributed by atoms with Gasteiger partial charge in [0.1, 0.15) is 0 Å². The van der Waals surface area contributed by atoms with Gasteiger partial charge in [-0.2, -0.15) is 0 Å². The van der Waals surface area contributed by atoms with Gasteiger partial charge in [0, 0.05) is 22.1 Å². The van der Waals surface area contributed by atoms with E-state index in [0.717, 1.165) is 22.0 Å². The SMILES string of the molecule is CCCC(CC)NC(C)c1cc(Cl)ccc1Cl. The molecule has 0 spiro atoms. The van der Waals surface area contributed by atoms with Crippen LogP contribution in [0.1, 0.15) is 51.6 Å². The summed E-state index contributed by atoms with van der Waals surface area (Å²) in [6, 6.07) is 6.41. The summed E-state index contributed by atoms with van der Waals surface area (Å²) in [6.45, 7) is 6.55. The molecule has 17 heavy (non-hydrogen) atoms.